The summed E-state index contributed by atoms with van der Waals surface area (Å²) >= 11 is 6.51. The number of nitrogens with zero attached hydrogens (tertiary/aromatic N) is 3. The van der Waals surface area contributed by atoms with Crippen molar-refractivity contribution in [3.8, 4) is 5.75 Å². The van der Waals surface area contributed by atoms with E-state index in [0.717, 1.165) is 23.3 Å². The fourth-order valence-electron chi connectivity index (χ4n) is 5.31. The Morgan fingerprint density at radius 1 is 1.15 bits per heavy atom. The smallest absolute Gasteiger partial charge is 0.410 e. The van der Waals surface area contributed by atoms with Gasteiger partial charge in [-0.3, -0.25) is 0 Å². The maximum atomic E-state index is 13.6. The lowest BCUT2D eigenvalue weighted by Crippen LogP contribution is -2.47. The molecular formula is C32H38ClN3O5. The van der Waals surface area contributed by atoms with Crippen LogP contribution in [0.2, 0.25) is 5.02 Å². The van der Waals surface area contributed by atoms with Gasteiger partial charge in [0, 0.05) is 31.7 Å². The highest BCUT2D eigenvalue weighted by Gasteiger charge is 2.36. The average molecular weight is 580 g/mol. The van der Waals surface area contributed by atoms with Crippen LogP contribution in [0.4, 0.5) is 10.6 Å². The summed E-state index contributed by atoms with van der Waals surface area (Å²) < 4.78 is 11.3. The Morgan fingerprint density at radius 2 is 1.88 bits per heavy atom. The number of anilines is 1. The molecule has 3 aromatic rings. The number of amides is 1. The number of aromatic nitrogens is 1. The van der Waals surface area contributed by atoms with Crippen molar-refractivity contribution in [2.24, 2.45) is 5.92 Å². The second-order valence-electron chi connectivity index (χ2n) is 11.4. The number of aromatic carboxylic acids is 1. The van der Waals surface area contributed by atoms with Crippen molar-refractivity contribution in [2.45, 2.75) is 51.7 Å². The third-order valence-electron chi connectivity index (χ3n) is 7.45. The highest BCUT2D eigenvalue weighted by atomic mass is 35.5. The number of carbonyl (C=O) groups is 2. The maximum absolute atomic E-state index is 13.6. The number of rotatable bonds is 8. The number of carboxylic acid groups (broad SMARTS) is 1. The SMILES string of the molecule is COc1cccc([C@@H](C)N(CC2CCN(c3ncc(C(=O)O)cc3Cl)CC2c2ccccc2)C(=O)OC(C)(C)C)c1. The summed E-state index contributed by atoms with van der Waals surface area (Å²) in [6.07, 6.45) is 1.74. The van der Waals surface area contributed by atoms with Crippen molar-refractivity contribution in [2.75, 3.05) is 31.6 Å². The minimum absolute atomic E-state index is 0.0489. The summed E-state index contributed by atoms with van der Waals surface area (Å²) in [4.78, 5) is 33.4. The number of carboxylic acids is 1. The van der Waals surface area contributed by atoms with Gasteiger partial charge in [-0.2, -0.15) is 0 Å². The fraction of sp³-hybridized carbons (Fsp3) is 0.406. The monoisotopic (exact) mass is 579 g/mol. The van der Waals surface area contributed by atoms with E-state index in [1.807, 2.05) is 75.1 Å². The Bertz CT molecular complexity index is 1360. The van der Waals surface area contributed by atoms with E-state index in [-0.39, 0.29) is 29.5 Å². The highest BCUT2D eigenvalue weighted by Crippen LogP contribution is 2.38. The van der Waals surface area contributed by atoms with Gasteiger partial charge in [-0.1, -0.05) is 54.1 Å². The average Bonchev–Trinajstić information content (AvgIpc) is 2.95. The van der Waals surface area contributed by atoms with E-state index in [1.165, 1.54) is 12.3 Å². The molecule has 0 radical (unpaired) electrons. The molecule has 218 valence electrons. The molecule has 2 unspecified atom stereocenters. The van der Waals surface area contributed by atoms with Gasteiger partial charge in [-0.25, -0.2) is 14.6 Å². The van der Waals surface area contributed by atoms with Crippen molar-refractivity contribution < 1.29 is 24.2 Å². The van der Waals surface area contributed by atoms with Crippen molar-refractivity contribution in [3.63, 3.8) is 0 Å². The second-order valence-corrected chi connectivity index (χ2v) is 11.8. The number of benzene rings is 2. The predicted octanol–water partition coefficient (Wildman–Crippen LogP) is 7.05. The highest BCUT2D eigenvalue weighted by molar-refractivity contribution is 6.33. The van der Waals surface area contributed by atoms with Crippen LogP contribution in [0.25, 0.3) is 0 Å². The first-order valence-corrected chi connectivity index (χ1v) is 14.2. The number of hydrogen-bond acceptors (Lipinski definition) is 6. The van der Waals surface area contributed by atoms with E-state index in [4.69, 9.17) is 21.1 Å². The van der Waals surface area contributed by atoms with E-state index >= 15 is 0 Å². The molecule has 2 aromatic carbocycles. The van der Waals surface area contributed by atoms with Gasteiger partial charge in [-0.15, -0.1) is 0 Å². The Labute approximate surface area is 246 Å². The first-order chi connectivity index (χ1) is 19.5. The third kappa shape index (κ3) is 7.50. The van der Waals surface area contributed by atoms with Gasteiger partial charge in [0.05, 0.1) is 23.7 Å². The summed E-state index contributed by atoms with van der Waals surface area (Å²) in [5.74, 6) is 0.395. The van der Waals surface area contributed by atoms with Gasteiger partial charge < -0.3 is 24.4 Å². The molecule has 1 fully saturated rings. The molecule has 1 aliphatic heterocycles. The van der Waals surface area contributed by atoms with Gasteiger partial charge >= 0.3 is 12.1 Å². The summed E-state index contributed by atoms with van der Waals surface area (Å²) in [5.41, 5.74) is 1.51. The summed E-state index contributed by atoms with van der Waals surface area (Å²) in [5, 5.41) is 9.63. The molecule has 2 heterocycles. The zero-order valence-corrected chi connectivity index (χ0v) is 25.0. The fourth-order valence-corrected chi connectivity index (χ4v) is 5.60. The molecule has 1 N–H and O–H groups in total. The van der Waals surface area contributed by atoms with Crippen LogP contribution in [0.1, 0.15) is 67.6 Å². The van der Waals surface area contributed by atoms with Crippen LogP contribution >= 0.6 is 11.6 Å². The summed E-state index contributed by atoms with van der Waals surface area (Å²) in [7, 11) is 1.63. The van der Waals surface area contributed by atoms with Crippen LogP contribution in [-0.4, -0.2) is 59.4 Å². The van der Waals surface area contributed by atoms with Crippen LogP contribution < -0.4 is 9.64 Å². The van der Waals surface area contributed by atoms with E-state index in [2.05, 4.69) is 22.0 Å². The summed E-state index contributed by atoms with van der Waals surface area (Å²) in [6, 6.07) is 19.2. The van der Waals surface area contributed by atoms with Crippen LogP contribution in [0.15, 0.2) is 66.9 Å². The number of halogens is 1. The van der Waals surface area contributed by atoms with E-state index < -0.39 is 11.6 Å². The molecule has 4 rings (SSSR count). The van der Waals surface area contributed by atoms with Crippen molar-refractivity contribution in [1.29, 1.82) is 0 Å². The third-order valence-corrected chi connectivity index (χ3v) is 7.73. The molecule has 0 aliphatic carbocycles. The number of ether oxygens (including phenoxy) is 2. The minimum Gasteiger partial charge on any atom is -0.497 e. The molecule has 41 heavy (non-hydrogen) atoms. The predicted molar refractivity (Wildman–Crippen MR) is 160 cm³/mol. The van der Waals surface area contributed by atoms with E-state index in [1.54, 1.807) is 7.11 Å². The molecule has 1 amide bonds. The molecule has 1 aromatic heterocycles. The quantitative estimate of drug-likeness (QED) is 0.306. The lowest BCUT2D eigenvalue weighted by atomic mass is 9.80. The topological polar surface area (TPSA) is 92.2 Å². The Hall–Kier alpha value is -3.78. The molecule has 0 bridgehead atoms. The van der Waals surface area contributed by atoms with Gasteiger partial charge in [0.1, 0.15) is 17.2 Å². The molecule has 1 aliphatic rings. The molecule has 9 heteroatoms. The van der Waals surface area contributed by atoms with Gasteiger partial charge in [0.2, 0.25) is 0 Å². The lowest BCUT2D eigenvalue weighted by Gasteiger charge is -2.43. The van der Waals surface area contributed by atoms with Crippen LogP contribution in [0.3, 0.4) is 0 Å². The van der Waals surface area contributed by atoms with Crippen LogP contribution in [0.5, 0.6) is 5.75 Å². The first-order valence-electron chi connectivity index (χ1n) is 13.8. The normalized spacial score (nSPS) is 18.0. The molecule has 3 atom stereocenters. The minimum atomic E-state index is -1.07. The van der Waals surface area contributed by atoms with Gasteiger partial charge in [0.15, 0.2) is 0 Å². The van der Waals surface area contributed by atoms with Gasteiger partial charge in [-0.05, 0) is 69.4 Å². The standard InChI is InChI=1S/C32H38ClN3O5/c1-21(23-12-9-13-26(16-23)40-5)36(31(39)41-32(2,3)4)19-24-14-15-35(20-27(24)22-10-7-6-8-11-22)29-28(33)17-25(18-34-29)30(37)38/h6-13,16-18,21,24,27H,14-15,19-20H2,1-5H3,(H,37,38)/t21-,24?,27?/m1/s1. The zero-order chi connectivity index (χ0) is 29.7. The molecule has 0 saturated carbocycles. The second kappa shape index (κ2) is 12.8. The largest absolute Gasteiger partial charge is 0.497 e. The maximum Gasteiger partial charge on any atom is 0.410 e. The lowest BCUT2D eigenvalue weighted by molar-refractivity contribution is 0.0119. The summed E-state index contributed by atoms with van der Waals surface area (Å²) in [6.45, 7) is 9.38. The Kier molecular flexibility index (Phi) is 9.43. The molecular weight excluding hydrogens is 542 g/mol. The van der Waals surface area contributed by atoms with E-state index in [0.29, 0.717) is 30.5 Å². The van der Waals surface area contributed by atoms with E-state index in [9.17, 15) is 14.7 Å². The number of methoxy groups -OCH3 is 1. The van der Waals surface area contributed by atoms with Crippen molar-refractivity contribution in [1.82, 2.24) is 9.88 Å². The number of piperidine rings is 1. The first kappa shape index (κ1) is 30.2. The number of pyridine rings is 1. The number of carbonyl (C=O) groups excluding carboxylic acids is 1. The van der Waals surface area contributed by atoms with Crippen molar-refractivity contribution >= 4 is 29.5 Å². The van der Waals surface area contributed by atoms with Gasteiger partial charge in [0.25, 0.3) is 0 Å². The molecule has 1 saturated heterocycles. The number of hydrogen-bond donors (Lipinski definition) is 1. The zero-order valence-electron chi connectivity index (χ0n) is 24.2. The van der Waals surface area contributed by atoms with Crippen LogP contribution in [-0.2, 0) is 4.74 Å². The Balaban J connectivity index is 1.66. The molecule has 8 nitrogen and oxygen atoms in total. The van der Waals surface area contributed by atoms with Crippen LogP contribution in [0, 0.1) is 5.92 Å². The molecule has 0 spiro atoms. The van der Waals surface area contributed by atoms with Crippen molar-refractivity contribution in [3.05, 3.63) is 88.6 Å². The Morgan fingerprint density at radius 3 is 2.51 bits per heavy atom.